The normalized spacial score (nSPS) is 14.0. The van der Waals surface area contributed by atoms with Gasteiger partial charge in [0.1, 0.15) is 0 Å². The van der Waals surface area contributed by atoms with Crippen LogP contribution in [-0.2, 0) is 4.79 Å². The van der Waals surface area contributed by atoms with Crippen molar-refractivity contribution in [3.8, 4) is 0 Å². The molecule has 9 nitrogen and oxygen atoms in total. The Labute approximate surface area is 149 Å². The van der Waals surface area contributed by atoms with Crippen LogP contribution in [0.1, 0.15) is 23.2 Å². The lowest BCUT2D eigenvalue weighted by atomic mass is 10.2. The molecule has 4 rings (SSSR count). The molecule has 0 aromatic carbocycles. The largest absolute Gasteiger partial charge is 0.355 e. The van der Waals surface area contributed by atoms with Gasteiger partial charge in [-0.15, -0.1) is 5.10 Å². The molecule has 26 heavy (non-hydrogen) atoms. The first-order valence-corrected chi connectivity index (χ1v) is 8.25. The number of hydrogen-bond donors (Lipinski definition) is 2. The molecule has 1 aliphatic heterocycles. The summed E-state index contributed by atoms with van der Waals surface area (Å²) in [5.41, 5.74) is 2.40. The van der Waals surface area contributed by atoms with Gasteiger partial charge in [-0.05, 0) is 24.6 Å². The Morgan fingerprint density at radius 1 is 1.27 bits per heavy atom. The first kappa shape index (κ1) is 16.0. The standard InChI is InChI=1S/C17H17N7O2/c1-18-16(26)12-9-19-7-6-13(12)20-17-21-14-5-4-11(10-24(14)22-17)23-8-2-3-15(23)25/h4-7,9-10H,2-3,8H2,1H3,(H,18,26)(H,19,20,22). The van der Waals surface area contributed by atoms with Crippen LogP contribution < -0.4 is 15.5 Å². The van der Waals surface area contributed by atoms with Gasteiger partial charge < -0.3 is 15.5 Å². The van der Waals surface area contributed by atoms with Crippen LogP contribution in [0.15, 0.2) is 36.8 Å². The zero-order chi connectivity index (χ0) is 18.1. The van der Waals surface area contributed by atoms with E-state index in [1.165, 1.54) is 6.20 Å². The van der Waals surface area contributed by atoms with E-state index in [9.17, 15) is 9.59 Å². The van der Waals surface area contributed by atoms with Crippen molar-refractivity contribution in [3.63, 3.8) is 0 Å². The summed E-state index contributed by atoms with van der Waals surface area (Å²) in [4.78, 5) is 34.0. The highest BCUT2D eigenvalue weighted by Gasteiger charge is 2.22. The Kier molecular flexibility index (Phi) is 3.96. The quantitative estimate of drug-likeness (QED) is 0.735. The lowest BCUT2D eigenvalue weighted by molar-refractivity contribution is -0.117. The SMILES string of the molecule is CNC(=O)c1cnccc1Nc1nc2ccc(N3CCCC3=O)cn2n1. The zero-order valence-electron chi connectivity index (χ0n) is 14.1. The maximum absolute atomic E-state index is 11.9. The third kappa shape index (κ3) is 2.83. The number of aromatic nitrogens is 4. The lowest BCUT2D eigenvalue weighted by Gasteiger charge is -2.14. The van der Waals surface area contributed by atoms with Crippen molar-refractivity contribution in [2.45, 2.75) is 12.8 Å². The van der Waals surface area contributed by atoms with Gasteiger partial charge in [0, 0.05) is 32.4 Å². The summed E-state index contributed by atoms with van der Waals surface area (Å²) in [6, 6.07) is 5.36. The summed E-state index contributed by atoms with van der Waals surface area (Å²) in [6.07, 6.45) is 6.29. The van der Waals surface area contributed by atoms with Crippen LogP contribution in [0.25, 0.3) is 5.65 Å². The second-order valence-corrected chi connectivity index (χ2v) is 5.90. The summed E-state index contributed by atoms with van der Waals surface area (Å²) in [7, 11) is 1.56. The Bertz CT molecular complexity index is 998. The molecule has 1 aliphatic rings. The Hall–Kier alpha value is -3.49. The molecule has 0 saturated carbocycles. The van der Waals surface area contributed by atoms with Crippen LogP contribution in [-0.4, -0.2) is 45.0 Å². The highest BCUT2D eigenvalue weighted by Crippen LogP contribution is 2.23. The van der Waals surface area contributed by atoms with E-state index in [0.29, 0.717) is 29.3 Å². The van der Waals surface area contributed by atoms with Gasteiger partial charge in [0.15, 0.2) is 5.65 Å². The van der Waals surface area contributed by atoms with E-state index in [-0.39, 0.29) is 11.8 Å². The van der Waals surface area contributed by atoms with E-state index in [4.69, 9.17) is 0 Å². The number of pyridine rings is 2. The molecule has 132 valence electrons. The molecule has 1 fully saturated rings. The molecule has 0 unspecified atom stereocenters. The molecular formula is C17H17N7O2. The van der Waals surface area contributed by atoms with Crippen molar-refractivity contribution in [2.75, 3.05) is 23.8 Å². The molecule has 9 heteroatoms. The van der Waals surface area contributed by atoms with Crippen LogP contribution in [0, 0.1) is 0 Å². The fourth-order valence-electron chi connectivity index (χ4n) is 2.95. The molecular weight excluding hydrogens is 334 g/mol. The second kappa shape index (κ2) is 6.43. The second-order valence-electron chi connectivity index (χ2n) is 5.90. The van der Waals surface area contributed by atoms with Crippen LogP contribution in [0.2, 0.25) is 0 Å². The first-order valence-electron chi connectivity index (χ1n) is 8.25. The van der Waals surface area contributed by atoms with Gasteiger partial charge in [0.05, 0.1) is 23.1 Å². The molecule has 2 amide bonds. The first-order chi connectivity index (χ1) is 12.7. The average Bonchev–Trinajstić information content (AvgIpc) is 3.26. The van der Waals surface area contributed by atoms with Crippen molar-refractivity contribution in [1.29, 1.82) is 0 Å². The topological polar surface area (TPSA) is 105 Å². The van der Waals surface area contributed by atoms with Crippen LogP contribution in [0.4, 0.5) is 17.3 Å². The molecule has 0 atom stereocenters. The summed E-state index contributed by atoms with van der Waals surface area (Å²) >= 11 is 0. The molecule has 3 aromatic heterocycles. The van der Waals surface area contributed by atoms with Gasteiger partial charge in [-0.25, -0.2) is 4.52 Å². The van der Waals surface area contributed by atoms with Crippen molar-refractivity contribution >= 4 is 34.8 Å². The van der Waals surface area contributed by atoms with E-state index in [1.54, 1.807) is 34.9 Å². The summed E-state index contributed by atoms with van der Waals surface area (Å²) in [5.74, 6) is 0.222. The van der Waals surface area contributed by atoms with Gasteiger partial charge in [-0.3, -0.25) is 14.6 Å². The van der Waals surface area contributed by atoms with E-state index in [0.717, 1.165) is 18.7 Å². The number of amides is 2. The minimum Gasteiger partial charge on any atom is -0.355 e. The average molecular weight is 351 g/mol. The van der Waals surface area contributed by atoms with Crippen molar-refractivity contribution in [2.24, 2.45) is 0 Å². The number of anilines is 3. The molecule has 3 aromatic rings. The van der Waals surface area contributed by atoms with E-state index < -0.39 is 0 Å². The van der Waals surface area contributed by atoms with Gasteiger partial charge in [0.2, 0.25) is 11.9 Å². The number of hydrogen-bond acceptors (Lipinski definition) is 6. The number of nitrogens with one attached hydrogen (secondary N) is 2. The minimum atomic E-state index is -0.251. The van der Waals surface area contributed by atoms with Gasteiger partial charge >= 0.3 is 0 Å². The summed E-state index contributed by atoms with van der Waals surface area (Å²) in [6.45, 7) is 0.719. The predicted molar refractivity (Wildman–Crippen MR) is 95.5 cm³/mol. The Morgan fingerprint density at radius 2 is 2.15 bits per heavy atom. The Morgan fingerprint density at radius 3 is 2.92 bits per heavy atom. The van der Waals surface area contributed by atoms with Crippen LogP contribution >= 0.6 is 0 Å². The maximum atomic E-state index is 11.9. The number of carbonyl (C=O) groups is 2. The molecule has 1 saturated heterocycles. The van der Waals surface area contributed by atoms with Crippen molar-refractivity contribution in [3.05, 3.63) is 42.4 Å². The monoisotopic (exact) mass is 351 g/mol. The highest BCUT2D eigenvalue weighted by molar-refractivity contribution is 5.99. The third-order valence-electron chi connectivity index (χ3n) is 4.24. The third-order valence-corrected chi connectivity index (χ3v) is 4.24. The number of carbonyl (C=O) groups excluding carboxylic acids is 2. The van der Waals surface area contributed by atoms with Crippen molar-refractivity contribution < 1.29 is 9.59 Å². The van der Waals surface area contributed by atoms with Gasteiger partial charge in [-0.1, -0.05) is 0 Å². The highest BCUT2D eigenvalue weighted by atomic mass is 16.2. The fourth-order valence-corrected chi connectivity index (χ4v) is 2.95. The number of rotatable bonds is 4. The molecule has 0 aliphatic carbocycles. The smallest absolute Gasteiger partial charge is 0.254 e. The number of fused-ring (bicyclic) bond motifs is 1. The maximum Gasteiger partial charge on any atom is 0.254 e. The van der Waals surface area contributed by atoms with Gasteiger partial charge in [-0.2, -0.15) is 4.98 Å². The predicted octanol–water partition coefficient (Wildman–Crippen LogP) is 1.35. The van der Waals surface area contributed by atoms with Gasteiger partial charge in [0.25, 0.3) is 5.91 Å². The molecule has 4 heterocycles. The van der Waals surface area contributed by atoms with Crippen LogP contribution in [0.3, 0.4) is 0 Å². The van der Waals surface area contributed by atoms with E-state index in [2.05, 4.69) is 25.7 Å². The molecule has 0 spiro atoms. The van der Waals surface area contributed by atoms with E-state index >= 15 is 0 Å². The fraction of sp³-hybridized carbons (Fsp3) is 0.235. The molecule has 2 N–H and O–H groups in total. The Balaban J connectivity index is 1.64. The summed E-state index contributed by atoms with van der Waals surface area (Å²) in [5, 5.41) is 10.0. The van der Waals surface area contributed by atoms with Crippen molar-refractivity contribution in [1.82, 2.24) is 24.9 Å². The zero-order valence-corrected chi connectivity index (χ0v) is 14.1. The van der Waals surface area contributed by atoms with E-state index in [1.807, 2.05) is 12.1 Å². The number of nitrogens with zero attached hydrogens (tertiary/aromatic N) is 5. The molecule has 0 radical (unpaired) electrons. The molecule has 0 bridgehead atoms. The summed E-state index contributed by atoms with van der Waals surface area (Å²) < 4.78 is 1.62. The lowest BCUT2D eigenvalue weighted by Crippen LogP contribution is -2.23. The minimum absolute atomic E-state index is 0.120. The van der Waals surface area contributed by atoms with Crippen LogP contribution in [0.5, 0.6) is 0 Å².